The second-order valence-corrected chi connectivity index (χ2v) is 9.18. The van der Waals surface area contributed by atoms with E-state index in [0.29, 0.717) is 36.9 Å². The van der Waals surface area contributed by atoms with Crippen molar-refractivity contribution >= 4 is 17.1 Å². The van der Waals surface area contributed by atoms with Gasteiger partial charge in [0.1, 0.15) is 5.82 Å². The second-order valence-electron chi connectivity index (χ2n) is 9.18. The predicted octanol–water partition coefficient (Wildman–Crippen LogP) is 5.64. The van der Waals surface area contributed by atoms with Crippen LogP contribution in [0.3, 0.4) is 0 Å². The Hall–Kier alpha value is -4.22. The van der Waals surface area contributed by atoms with Gasteiger partial charge in [-0.05, 0) is 35.5 Å². The Morgan fingerprint density at radius 3 is 2.42 bits per heavy atom. The van der Waals surface area contributed by atoms with Gasteiger partial charge in [-0.25, -0.2) is 13.2 Å². The summed E-state index contributed by atoms with van der Waals surface area (Å²) in [5, 5.41) is 5.65. The monoisotopic (exact) mass is 518 g/mol. The minimum absolute atomic E-state index is 0.109. The first-order chi connectivity index (χ1) is 18.5. The lowest BCUT2D eigenvalue weighted by Gasteiger charge is -2.31. The second kappa shape index (κ2) is 9.92. The number of piperidine rings is 1. The van der Waals surface area contributed by atoms with Crippen molar-refractivity contribution in [1.29, 1.82) is 0 Å². The van der Waals surface area contributed by atoms with Crippen molar-refractivity contribution in [1.82, 2.24) is 25.6 Å². The molecule has 1 fully saturated rings. The van der Waals surface area contributed by atoms with Crippen LogP contribution in [0.1, 0.15) is 29.9 Å². The first-order valence-electron chi connectivity index (χ1n) is 12.2. The number of alkyl halides is 2. The topological polar surface area (TPSA) is 84.4 Å². The van der Waals surface area contributed by atoms with Crippen LogP contribution >= 0.6 is 0 Å². The number of nitrogens with one attached hydrogen (secondary N) is 1. The molecule has 0 saturated carbocycles. The van der Waals surface area contributed by atoms with Crippen molar-refractivity contribution in [2.75, 3.05) is 18.1 Å². The van der Waals surface area contributed by atoms with E-state index in [1.165, 1.54) is 11.1 Å². The van der Waals surface area contributed by atoms with Gasteiger partial charge in [0, 0.05) is 56.0 Å². The van der Waals surface area contributed by atoms with Crippen molar-refractivity contribution in [3.05, 3.63) is 101 Å². The summed E-state index contributed by atoms with van der Waals surface area (Å²) in [5.74, 6) is -2.45. The van der Waals surface area contributed by atoms with E-state index in [9.17, 15) is 13.2 Å². The molecule has 0 amide bonds. The van der Waals surface area contributed by atoms with Gasteiger partial charge in [0.15, 0.2) is 0 Å². The summed E-state index contributed by atoms with van der Waals surface area (Å²) in [4.78, 5) is 10.7. The van der Waals surface area contributed by atoms with E-state index in [-0.39, 0.29) is 24.4 Å². The van der Waals surface area contributed by atoms with Gasteiger partial charge in [0.05, 0.1) is 11.4 Å². The van der Waals surface area contributed by atoms with Crippen LogP contribution < -0.4 is 10.5 Å². The molecule has 0 radical (unpaired) electrons. The zero-order valence-electron chi connectivity index (χ0n) is 20.2. The van der Waals surface area contributed by atoms with E-state index in [2.05, 4.69) is 26.1 Å². The lowest BCUT2D eigenvalue weighted by molar-refractivity contribution is -0.0566. The van der Waals surface area contributed by atoms with Crippen LogP contribution in [-0.2, 0) is 6.54 Å². The third-order valence-electron chi connectivity index (χ3n) is 6.59. The van der Waals surface area contributed by atoms with Crippen molar-refractivity contribution in [3.63, 3.8) is 0 Å². The molecule has 0 aliphatic carbocycles. The molecular weight excluding hydrogens is 495 g/mol. The molecule has 194 valence electrons. The number of likely N-dealkylation sites (tertiary alicyclic amines) is 1. The van der Waals surface area contributed by atoms with Crippen LogP contribution in [0.5, 0.6) is 0 Å². The van der Waals surface area contributed by atoms with Crippen molar-refractivity contribution < 1.29 is 17.7 Å². The molecule has 1 saturated heterocycles. The number of nitrogens with zero attached hydrogens (tertiary/aromatic N) is 6. The number of pyridine rings is 1. The molecule has 0 unspecified atom stereocenters. The molecule has 2 aliphatic rings. The maximum Gasteiger partial charge on any atom is 0.250 e. The molecule has 0 atom stereocenters. The molecule has 0 spiro atoms. The number of para-hydroxylation sites is 1. The van der Waals surface area contributed by atoms with E-state index in [1.54, 1.807) is 42.7 Å². The maximum absolute atomic E-state index is 14.7. The van der Waals surface area contributed by atoms with Crippen LogP contribution in [0, 0.1) is 5.82 Å². The number of benzene rings is 2. The Labute approximate surface area is 216 Å². The summed E-state index contributed by atoms with van der Waals surface area (Å²) in [6.45, 7) is 1.35. The lowest BCUT2D eigenvalue weighted by Crippen LogP contribution is -2.38. The van der Waals surface area contributed by atoms with Crippen LogP contribution in [-0.4, -0.2) is 39.0 Å². The summed E-state index contributed by atoms with van der Waals surface area (Å²) in [6.07, 6.45) is 3.05. The van der Waals surface area contributed by atoms with Gasteiger partial charge in [0.25, 0.3) is 5.92 Å². The van der Waals surface area contributed by atoms with Gasteiger partial charge >= 0.3 is 0 Å². The molecule has 11 heteroatoms. The SMILES string of the molecule is Fc1ccccc1N1N[N-]C(c2nc(-c3ccc(CN4CCC(F)(F)CC4)cc3)no2)=C1c1ccncc1. The summed E-state index contributed by atoms with van der Waals surface area (Å²) < 4.78 is 47.1. The third-order valence-corrected chi connectivity index (χ3v) is 6.59. The standard InChI is InChI=1S/C27H23F3N7O/c28-21-3-1-2-4-22(21)37-24(19-9-13-31-14-10-19)23(33-35-37)26-32-25(34-38-26)20-7-5-18(6-8-20)17-36-15-11-27(29,30)12-16-36/h1-10,13-14,35H,11-12,15-17H2/q-1. The van der Waals surface area contributed by atoms with Crippen molar-refractivity contribution in [2.24, 2.45) is 0 Å². The van der Waals surface area contributed by atoms with Gasteiger partial charge in [-0.1, -0.05) is 41.6 Å². The van der Waals surface area contributed by atoms with Crippen molar-refractivity contribution in [3.8, 4) is 11.4 Å². The third kappa shape index (κ3) is 4.85. The fourth-order valence-electron chi connectivity index (χ4n) is 4.53. The Balaban J connectivity index is 1.26. The number of aromatic nitrogens is 3. The first-order valence-corrected chi connectivity index (χ1v) is 12.2. The maximum atomic E-state index is 14.7. The molecule has 4 heterocycles. The van der Waals surface area contributed by atoms with Crippen LogP contribution in [0.25, 0.3) is 28.2 Å². The molecule has 6 rings (SSSR count). The number of hydrogen-bond acceptors (Lipinski definition) is 7. The first kappa shape index (κ1) is 24.1. The zero-order chi connectivity index (χ0) is 26.1. The zero-order valence-corrected chi connectivity index (χ0v) is 20.2. The number of rotatable bonds is 6. The normalized spacial score (nSPS) is 17.6. The molecule has 2 aromatic carbocycles. The molecule has 2 aliphatic heterocycles. The van der Waals surface area contributed by atoms with E-state index >= 15 is 0 Å². The average molecular weight is 519 g/mol. The Kier molecular flexibility index (Phi) is 6.30. The Morgan fingerprint density at radius 2 is 1.68 bits per heavy atom. The van der Waals surface area contributed by atoms with Crippen LogP contribution in [0.2, 0.25) is 0 Å². The number of anilines is 1. The van der Waals surface area contributed by atoms with Gasteiger partial charge < -0.3 is 15.5 Å². The highest BCUT2D eigenvalue weighted by molar-refractivity contribution is 6.01. The van der Waals surface area contributed by atoms with Crippen molar-refractivity contribution in [2.45, 2.75) is 25.3 Å². The lowest BCUT2D eigenvalue weighted by atomic mass is 10.1. The van der Waals surface area contributed by atoms with Gasteiger partial charge in [-0.15, -0.1) is 0 Å². The highest BCUT2D eigenvalue weighted by Gasteiger charge is 2.33. The fourth-order valence-corrected chi connectivity index (χ4v) is 4.53. The molecular formula is C27H23F3N7O-. The van der Waals surface area contributed by atoms with Gasteiger partial charge in [0.2, 0.25) is 11.7 Å². The van der Waals surface area contributed by atoms with Gasteiger partial charge in [-0.3, -0.25) is 14.9 Å². The minimum atomic E-state index is -2.56. The summed E-state index contributed by atoms with van der Waals surface area (Å²) in [7, 11) is 0. The molecule has 0 bridgehead atoms. The van der Waals surface area contributed by atoms with E-state index < -0.39 is 11.7 Å². The summed E-state index contributed by atoms with van der Waals surface area (Å²) in [6, 6.07) is 17.5. The molecule has 38 heavy (non-hydrogen) atoms. The largest absolute Gasteiger partial charge is 0.597 e. The van der Waals surface area contributed by atoms with Crippen LogP contribution in [0.4, 0.5) is 18.9 Å². The molecule has 4 aromatic rings. The summed E-state index contributed by atoms with van der Waals surface area (Å²) >= 11 is 0. The Bertz CT molecular complexity index is 1450. The highest BCUT2D eigenvalue weighted by Crippen LogP contribution is 2.39. The Morgan fingerprint density at radius 1 is 0.947 bits per heavy atom. The minimum Gasteiger partial charge on any atom is -0.597 e. The molecule has 8 nitrogen and oxygen atoms in total. The van der Waals surface area contributed by atoms with E-state index in [0.717, 1.165) is 16.7 Å². The smallest absolute Gasteiger partial charge is 0.250 e. The number of hydrogen-bond donors (Lipinski definition) is 1. The summed E-state index contributed by atoms with van der Waals surface area (Å²) in [5.41, 5.74) is 10.9. The predicted molar refractivity (Wildman–Crippen MR) is 136 cm³/mol. The molecule has 1 N–H and O–H groups in total. The van der Waals surface area contributed by atoms with Gasteiger partial charge in [-0.2, -0.15) is 4.98 Å². The van der Waals surface area contributed by atoms with Crippen LogP contribution in [0.15, 0.2) is 77.6 Å². The number of halogens is 3. The van der Waals surface area contributed by atoms with E-state index in [1.807, 2.05) is 29.2 Å². The highest BCUT2D eigenvalue weighted by atomic mass is 19.3. The quantitative estimate of drug-likeness (QED) is 0.354. The molecule has 2 aromatic heterocycles. The van der Waals surface area contributed by atoms with E-state index in [4.69, 9.17) is 4.52 Å². The average Bonchev–Trinajstić information content (AvgIpc) is 3.59. The fraction of sp³-hybridized carbons (Fsp3) is 0.222. The number of hydrazine groups is 1.